The van der Waals surface area contributed by atoms with Gasteiger partial charge in [-0.3, -0.25) is 0 Å². The van der Waals surface area contributed by atoms with Crippen LogP contribution in [-0.4, -0.2) is 15.0 Å². The van der Waals surface area contributed by atoms with Gasteiger partial charge in [-0.15, -0.1) is 0 Å². The molecule has 0 N–H and O–H groups in total. The summed E-state index contributed by atoms with van der Waals surface area (Å²) in [7, 11) is 0. The summed E-state index contributed by atoms with van der Waals surface area (Å²) in [4.78, 5) is 15.3. The summed E-state index contributed by atoms with van der Waals surface area (Å²) in [5.41, 5.74) is 11.6. The van der Waals surface area contributed by atoms with Crippen LogP contribution in [0.2, 0.25) is 0 Å². The van der Waals surface area contributed by atoms with Gasteiger partial charge in [0.05, 0.1) is 28.0 Å². The SMILES string of the molecule is c1ccc(-c2ccc3nc(-c4ccc(-c5nc(-c6ccccc6)cc(-c6ccccc6)n5)cc4)c4c5ccccc5oc4c3c2)cc1. The van der Waals surface area contributed by atoms with Gasteiger partial charge >= 0.3 is 0 Å². The van der Waals surface area contributed by atoms with Crippen LogP contribution < -0.4 is 0 Å². The molecule has 47 heavy (non-hydrogen) atoms. The molecule has 0 fully saturated rings. The number of rotatable bonds is 5. The molecule has 0 amide bonds. The lowest BCUT2D eigenvalue weighted by molar-refractivity contribution is 0.672. The zero-order valence-electron chi connectivity index (χ0n) is 25.3. The number of aromatic nitrogens is 3. The second-order valence-corrected chi connectivity index (χ2v) is 11.6. The van der Waals surface area contributed by atoms with Crippen molar-refractivity contribution in [3.8, 4) is 56.3 Å². The Labute approximate surface area is 271 Å². The quantitative estimate of drug-likeness (QED) is 0.197. The van der Waals surface area contributed by atoms with E-state index in [4.69, 9.17) is 19.4 Å². The number of hydrogen-bond acceptors (Lipinski definition) is 4. The first-order valence-corrected chi connectivity index (χ1v) is 15.7. The summed E-state index contributed by atoms with van der Waals surface area (Å²) in [5, 5.41) is 3.06. The Hall–Kier alpha value is -6.39. The Balaban J connectivity index is 1.19. The van der Waals surface area contributed by atoms with E-state index in [-0.39, 0.29) is 0 Å². The van der Waals surface area contributed by atoms with Crippen molar-refractivity contribution in [1.29, 1.82) is 0 Å². The van der Waals surface area contributed by atoms with Crippen LogP contribution in [0, 0.1) is 0 Å². The molecule has 0 unspecified atom stereocenters. The number of hydrogen-bond donors (Lipinski definition) is 0. The Morgan fingerprint density at radius 2 is 0.936 bits per heavy atom. The van der Waals surface area contributed by atoms with E-state index in [0.717, 1.165) is 83.3 Å². The van der Waals surface area contributed by atoms with E-state index in [1.165, 1.54) is 0 Å². The van der Waals surface area contributed by atoms with Crippen molar-refractivity contribution < 1.29 is 4.42 Å². The van der Waals surface area contributed by atoms with E-state index < -0.39 is 0 Å². The second-order valence-electron chi connectivity index (χ2n) is 11.6. The summed E-state index contributed by atoms with van der Waals surface area (Å²) in [6, 6.07) is 56.0. The Morgan fingerprint density at radius 3 is 1.60 bits per heavy atom. The van der Waals surface area contributed by atoms with Crippen LogP contribution in [0.5, 0.6) is 0 Å². The second kappa shape index (κ2) is 11.2. The van der Waals surface area contributed by atoms with Gasteiger partial charge in [0.25, 0.3) is 0 Å². The molecule has 0 radical (unpaired) electrons. The number of pyridine rings is 1. The highest BCUT2D eigenvalue weighted by molar-refractivity contribution is 6.19. The molecule has 0 saturated heterocycles. The van der Waals surface area contributed by atoms with Crippen LogP contribution in [-0.2, 0) is 0 Å². The molecule has 0 saturated carbocycles. The minimum Gasteiger partial charge on any atom is -0.455 e. The zero-order chi connectivity index (χ0) is 31.2. The van der Waals surface area contributed by atoms with E-state index in [9.17, 15) is 0 Å². The van der Waals surface area contributed by atoms with Crippen molar-refractivity contribution >= 4 is 32.8 Å². The van der Waals surface area contributed by atoms with E-state index in [1.807, 2.05) is 54.6 Å². The summed E-state index contributed by atoms with van der Waals surface area (Å²) < 4.78 is 6.56. The van der Waals surface area contributed by atoms with Crippen LogP contribution >= 0.6 is 0 Å². The van der Waals surface area contributed by atoms with E-state index >= 15 is 0 Å². The average Bonchev–Trinajstić information content (AvgIpc) is 3.55. The molecule has 0 aliphatic carbocycles. The lowest BCUT2D eigenvalue weighted by Crippen LogP contribution is -1.96. The lowest BCUT2D eigenvalue weighted by Gasteiger charge is -2.11. The molecular formula is C43H27N3O. The molecule has 0 aliphatic rings. The summed E-state index contributed by atoms with van der Waals surface area (Å²) in [6.07, 6.45) is 0. The fraction of sp³-hybridized carbons (Fsp3) is 0. The Kier molecular flexibility index (Phi) is 6.43. The van der Waals surface area contributed by atoms with Gasteiger partial charge in [-0.1, -0.05) is 140 Å². The Bertz CT molecular complexity index is 2480. The highest BCUT2D eigenvalue weighted by Crippen LogP contribution is 2.41. The monoisotopic (exact) mass is 601 g/mol. The maximum atomic E-state index is 6.56. The number of nitrogens with zero attached hydrogens (tertiary/aromatic N) is 3. The topological polar surface area (TPSA) is 51.8 Å². The van der Waals surface area contributed by atoms with Gasteiger partial charge in [-0.2, -0.15) is 0 Å². The van der Waals surface area contributed by atoms with Crippen molar-refractivity contribution in [1.82, 2.24) is 15.0 Å². The average molecular weight is 602 g/mol. The molecule has 9 aromatic rings. The van der Waals surface area contributed by atoms with Crippen molar-refractivity contribution in [2.24, 2.45) is 0 Å². The molecule has 3 aromatic heterocycles. The van der Waals surface area contributed by atoms with Crippen LogP contribution in [0.3, 0.4) is 0 Å². The largest absolute Gasteiger partial charge is 0.455 e. The first-order valence-electron chi connectivity index (χ1n) is 15.7. The maximum absolute atomic E-state index is 6.56. The van der Waals surface area contributed by atoms with Gasteiger partial charge in [0.2, 0.25) is 0 Å². The molecule has 0 aliphatic heterocycles. The molecule has 220 valence electrons. The minimum atomic E-state index is 0.676. The highest BCUT2D eigenvalue weighted by atomic mass is 16.3. The molecule has 6 aromatic carbocycles. The van der Waals surface area contributed by atoms with Gasteiger partial charge in [-0.05, 0) is 35.4 Å². The summed E-state index contributed by atoms with van der Waals surface area (Å²) >= 11 is 0. The highest BCUT2D eigenvalue weighted by Gasteiger charge is 2.19. The summed E-state index contributed by atoms with van der Waals surface area (Å²) in [5.74, 6) is 0.676. The predicted octanol–water partition coefficient (Wildman–Crippen LogP) is 11.3. The predicted molar refractivity (Wildman–Crippen MR) is 192 cm³/mol. The van der Waals surface area contributed by atoms with Crippen LogP contribution in [0.4, 0.5) is 0 Å². The third-order valence-electron chi connectivity index (χ3n) is 8.69. The summed E-state index contributed by atoms with van der Waals surface area (Å²) in [6.45, 7) is 0. The first-order chi connectivity index (χ1) is 23.3. The number of furan rings is 1. The molecule has 3 heterocycles. The molecule has 4 nitrogen and oxygen atoms in total. The van der Waals surface area contributed by atoms with Gasteiger partial charge in [0.1, 0.15) is 11.2 Å². The first kappa shape index (κ1) is 27.0. The third-order valence-corrected chi connectivity index (χ3v) is 8.69. The van der Waals surface area contributed by atoms with Crippen molar-refractivity contribution in [3.63, 3.8) is 0 Å². The van der Waals surface area contributed by atoms with Crippen LogP contribution in [0.1, 0.15) is 0 Å². The van der Waals surface area contributed by atoms with E-state index in [0.29, 0.717) is 5.82 Å². The third kappa shape index (κ3) is 4.84. The van der Waals surface area contributed by atoms with Crippen molar-refractivity contribution in [2.75, 3.05) is 0 Å². The fourth-order valence-corrected chi connectivity index (χ4v) is 6.35. The molecule has 0 bridgehead atoms. The van der Waals surface area contributed by atoms with Gasteiger partial charge in [0.15, 0.2) is 5.82 Å². The minimum absolute atomic E-state index is 0.676. The van der Waals surface area contributed by atoms with Crippen molar-refractivity contribution in [2.45, 2.75) is 0 Å². The van der Waals surface area contributed by atoms with E-state index in [2.05, 4.69) is 109 Å². The van der Waals surface area contributed by atoms with Crippen LogP contribution in [0.25, 0.3) is 89.1 Å². The molecular weight excluding hydrogens is 574 g/mol. The van der Waals surface area contributed by atoms with Crippen molar-refractivity contribution in [3.05, 3.63) is 164 Å². The molecule has 4 heteroatoms. The van der Waals surface area contributed by atoms with Gasteiger partial charge in [-0.25, -0.2) is 15.0 Å². The number of benzene rings is 6. The smallest absolute Gasteiger partial charge is 0.160 e. The fourth-order valence-electron chi connectivity index (χ4n) is 6.35. The normalized spacial score (nSPS) is 11.4. The standard InChI is InChI=1S/C43H27N3O/c1-4-12-28(13-5-1)33-24-25-36-35(26-33)42-40(34-18-10-11-19-39(34)47-42)41(44-36)31-20-22-32(23-21-31)43-45-37(29-14-6-2-7-15-29)27-38(46-43)30-16-8-3-9-17-30/h1-27H. The van der Waals surface area contributed by atoms with Crippen LogP contribution in [0.15, 0.2) is 168 Å². The Morgan fingerprint density at radius 1 is 0.383 bits per heavy atom. The van der Waals surface area contributed by atoms with E-state index in [1.54, 1.807) is 0 Å². The molecule has 0 atom stereocenters. The maximum Gasteiger partial charge on any atom is 0.160 e. The van der Waals surface area contributed by atoms with Gasteiger partial charge in [0, 0.05) is 33.0 Å². The lowest BCUT2D eigenvalue weighted by atomic mass is 9.99. The number of para-hydroxylation sites is 1. The number of fused-ring (bicyclic) bond motifs is 5. The zero-order valence-corrected chi connectivity index (χ0v) is 25.3. The van der Waals surface area contributed by atoms with Gasteiger partial charge < -0.3 is 4.42 Å². The molecule has 9 rings (SSSR count). The molecule has 0 spiro atoms.